The molecule has 0 saturated heterocycles. The minimum atomic E-state index is -0.874. The molecule has 0 atom stereocenters. The summed E-state index contributed by atoms with van der Waals surface area (Å²) < 4.78 is 10.6. The molecule has 0 aliphatic carbocycles. The summed E-state index contributed by atoms with van der Waals surface area (Å²) in [7, 11) is 1.28. The number of hydrogen-bond acceptors (Lipinski definition) is 11. The van der Waals surface area contributed by atoms with Crippen LogP contribution in [0.5, 0.6) is 11.5 Å². The van der Waals surface area contributed by atoms with Gasteiger partial charge in [0.15, 0.2) is 11.4 Å². The zero-order valence-electron chi connectivity index (χ0n) is 19.8. The van der Waals surface area contributed by atoms with Gasteiger partial charge in [-0.25, -0.2) is 0 Å². The van der Waals surface area contributed by atoms with Crippen LogP contribution in [0.4, 0.5) is 22.7 Å². The molecule has 37 heavy (non-hydrogen) atoms. The fourth-order valence-corrected chi connectivity index (χ4v) is 3.14. The van der Waals surface area contributed by atoms with E-state index >= 15 is 0 Å². The highest BCUT2D eigenvalue weighted by molar-refractivity contribution is 5.96. The molecule has 0 aromatic heterocycles. The van der Waals surface area contributed by atoms with Gasteiger partial charge in [-0.15, -0.1) is 0 Å². The number of primary amides is 2. The summed E-state index contributed by atoms with van der Waals surface area (Å²) in [5, 5.41) is 37.7. The highest BCUT2D eigenvalue weighted by atomic mass is 16.6. The zero-order chi connectivity index (χ0) is 27.5. The fraction of sp³-hybridized carbons (Fsp3) is 0.273. The molecule has 0 bridgehead atoms. The quantitative estimate of drug-likeness (QED) is 0.0981. The average molecular weight is 518 g/mol. The Hall–Kier alpha value is -4.92. The summed E-state index contributed by atoms with van der Waals surface area (Å²) in [6.45, 7) is 0.0514. The molecule has 0 fully saturated rings. The number of nitrogens with zero attached hydrogens (tertiary/aromatic N) is 2. The van der Waals surface area contributed by atoms with Crippen molar-refractivity contribution in [1.82, 2.24) is 0 Å². The number of aliphatic hydroxyl groups excluding tert-OH is 1. The lowest BCUT2D eigenvalue weighted by Gasteiger charge is -2.14. The molecule has 0 aliphatic heterocycles. The van der Waals surface area contributed by atoms with Crippen LogP contribution in [0.15, 0.2) is 36.4 Å². The van der Waals surface area contributed by atoms with Gasteiger partial charge in [0.25, 0.3) is 11.4 Å². The molecule has 0 saturated carbocycles. The number of anilines is 2. The Labute approximate surface area is 210 Å². The summed E-state index contributed by atoms with van der Waals surface area (Å²) in [4.78, 5) is 44.7. The van der Waals surface area contributed by atoms with Crippen LogP contribution in [0.2, 0.25) is 0 Å². The van der Waals surface area contributed by atoms with E-state index in [1.54, 1.807) is 12.2 Å². The van der Waals surface area contributed by atoms with Crippen molar-refractivity contribution in [3.63, 3.8) is 0 Å². The van der Waals surface area contributed by atoms with Crippen LogP contribution < -0.4 is 31.6 Å². The van der Waals surface area contributed by atoms with Gasteiger partial charge in [0.05, 0.1) is 23.6 Å². The topological polar surface area (TPSA) is 235 Å². The minimum absolute atomic E-state index is 0.00453. The first-order chi connectivity index (χ1) is 17.6. The lowest BCUT2D eigenvalue weighted by Crippen LogP contribution is -2.14. The third kappa shape index (κ3) is 7.53. The Morgan fingerprint density at radius 2 is 1.38 bits per heavy atom. The summed E-state index contributed by atoms with van der Waals surface area (Å²) in [6, 6.07) is 4.60. The predicted octanol–water partition coefficient (Wildman–Crippen LogP) is 1.55. The van der Waals surface area contributed by atoms with E-state index in [2.05, 4.69) is 10.6 Å². The van der Waals surface area contributed by atoms with Gasteiger partial charge in [0.2, 0.25) is 11.8 Å². The van der Waals surface area contributed by atoms with Crippen molar-refractivity contribution in [3.8, 4) is 11.5 Å². The van der Waals surface area contributed by atoms with Crippen molar-refractivity contribution in [2.24, 2.45) is 11.5 Å². The maximum atomic E-state index is 11.6. The van der Waals surface area contributed by atoms with Gasteiger partial charge in [0.1, 0.15) is 11.5 Å². The van der Waals surface area contributed by atoms with Gasteiger partial charge < -0.3 is 36.7 Å². The monoisotopic (exact) mass is 518 g/mol. The second-order valence-electron chi connectivity index (χ2n) is 7.34. The summed E-state index contributed by atoms with van der Waals surface area (Å²) in [6.07, 6.45) is 3.44. The van der Waals surface area contributed by atoms with Crippen LogP contribution in [0.3, 0.4) is 0 Å². The van der Waals surface area contributed by atoms with E-state index in [-0.39, 0.29) is 66.7 Å². The summed E-state index contributed by atoms with van der Waals surface area (Å²) >= 11 is 0. The molecule has 2 amide bonds. The number of carbonyl (C=O) groups excluding carboxylic acids is 2. The van der Waals surface area contributed by atoms with Gasteiger partial charge >= 0.3 is 0 Å². The van der Waals surface area contributed by atoms with E-state index in [9.17, 15) is 29.8 Å². The third-order valence-corrected chi connectivity index (χ3v) is 4.87. The molecule has 0 spiro atoms. The molecule has 2 aromatic rings. The fourth-order valence-electron chi connectivity index (χ4n) is 3.14. The maximum Gasteiger partial charge on any atom is 0.296 e. The van der Waals surface area contributed by atoms with Crippen molar-refractivity contribution in [2.75, 3.05) is 44.0 Å². The first-order valence-electron chi connectivity index (χ1n) is 10.8. The van der Waals surface area contributed by atoms with Gasteiger partial charge in [-0.3, -0.25) is 29.8 Å². The molecule has 0 radical (unpaired) electrons. The Morgan fingerprint density at radius 1 is 0.919 bits per heavy atom. The van der Waals surface area contributed by atoms with Crippen molar-refractivity contribution >= 4 is 34.6 Å². The van der Waals surface area contributed by atoms with Crippen molar-refractivity contribution in [3.05, 3.63) is 67.8 Å². The Morgan fingerprint density at radius 3 is 1.78 bits per heavy atom. The van der Waals surface area contributed by atoms with E-state index in [1.807, 2.05) is 0 Å². The molecule has 198 valence electrons. The number of ether oxygens (including phenoxy) is 2. The SMILES string of the molecule is COc1cc(C(N)=O)cc([N+](=O)[O-])c1NC/C=C/CNc1c(OCCCO)cc(C(N)=O)cc1[N+](=O)[O-]. The van der Waals surface area contributed by atoms with E-state index in [4.69, 9.17) is 26.0 Å². The molecule has 0 heterocycles. The third-order valence-electron chi connectivity index (χ3n) is 4.87. The number of rotatable bonds is 15. The summed E-state index contributed by atoms with van der Waals surface area (Å²) in [5.74, 6) is -1.67. The van der Waals surface area contributed by atoms with Crippen LogP contribution in [0, 0.1) is 20.2 Å². The second kappa shape index (κ2) is 13.2. The molecule has 15 heteroatoms. The van der Waals surface area contributed by atoms with Gasteiger partial charge in [-0.1, -0.05) is 12.2 Å². The number of nitrogens with two attached hydrogens (primary N) is 2. The standard InChI is InChI=1S/C22H26N6O9/c1-36-17-11-13(21(23)30)9-15(27(32)33)19(17)25-5-2-3-6-26-20-16(28(34)35)10-14(22(24)31)12-18(20)37-8-4-7-29/h2-3,9-12,25-26,29H,4-8H2,1H3,(H2,23,30)(H2,24,31)/b3-2+. The minimum Gasteiger partial charge on any atom is -0.494 e. The number of aliphatic hydroxyl groups is 1. The molecule has 2 rings (SSSR count). The number of nitro benzene ring substituents is 2. The Kier molecular flexibility index (Phi) is 10.1. The van der Waals surface area contributed by atoms with Crippen molar-refractivity contribution < 1.29 is 34.0 Å². The second-order valence-corrected chi connectivity index (χ2v) is 7.34. The largest absolute Gasteiger partial charge is 0.494 e. The Bertz CT molecular complexity index is 1220. The summed E-state index contributed by atoms with van der Waals surface area (Å²) in [5.41, 5.74) is 9.47. The molecule has 0 aliphatic rings. The van der Waals surface area contributed by atoms with E-state index in [1.165, 1.54) is 19.2 Å². The lowest BCUT2D eigenvalue weighted by molar-refractivity contribution is -0.384. The highest BCUT2D eigenvalue weighted by Crippen LogP contribution is 2.37. The van der Waals surface area contributed by atoms with Crippen LogP contribution in [0.25, 0.3) is 0 Å². The number of nitrogens with one attached hydrogen (secondary N) is 2. The number of nitro groups is 2. The first-order valence-corrected chi connectivity index (χ1v) is 10.8. The first kappa shape index (κ1) is 28.3. The van der Waals surface area contributed by atoms with Gasteiger partial charge in [-0.2, -0.15) is 0 Å². The molecule has 0 unspecified atom stereocenters. The van der Waals surface area contributed by atoms with Gasteiger partial charge in [-0.05, 0) is 12.1 Å². The molecule has 15 nitrogen and oxygen atoms in total. The number of hydrogen-bond donors (Lipinski definition) is 5. The number of methoxy groups -OCH3 is 1. The van der Waals surface area contributed by atoms with Crippen LogP contribution >= 0.6 is 0 Å². The number of amides is 2. The predicted molar refractivity (Wildman–Crippen MR) is 133 cm³/mol. The van der Waals surface area contributed by atoms with Crippen molar-refractivity contribution in [1.29, 1.82) is 0 Å². The van der Waals surface area contributed by atoms with Crippen molar-refractivity contribution in [2.45, 2.75) is 6.42 Å². The van der Waals surface area contributed by atoms with E-state index in [0.717, 1.165) is 12.1 Å². The van der Waals surface area contributed by atoms with Crippen LogP contribution in [0.1, 0.15) is 27.1 Å². The average Bonchev–Trinajstić information content (AvgIpc) is 2.85. The zero-order valence-corrected chi connectivity index (χ0v) is 19.8. The molecular weight excluding hydrogens is 492 g/mol. The van der Waals surface area contributed by atoms with Crippen LogP contribution in [-0.4, -0.2) is 60.2 Å². The lowest BCUT2D eigenvalue weighted by atomic mass is 10.1. The smallest absolute Gasteiger partial charge is 0.296 e. The highest BCUT2D eigenvalue weighted by Gasteiger charge is 2.23. The Balaban J connectivity index is 2.19. The number of benzene rings is 2. The van der Waals surface area contributed by atoms with E-state index in [0.29, 0.717) is 0 Å². The van der Waals surface area contributed by atoms with E-state index < -0.39 is 33.0 Å². The molecule has 2 aromatic carbocycles. The normalized spacial score (nSPS) is 10.6. The molecular formula is C22H26N6O9. The maximum absolute atomic E-state index is 11.6. The molecule has 7 N–H and O–H groups in total. The van der Waals surface area contributed by atoms with Crippen LogP contribution in [-0.2, 0) is 0 Å². The van der Waals surface area contributed by atoms with Gasteiger partial charge in [0, 0.05) is 49.4 Å². The number of carbonyl (C=O) groups is 2.